The maximum absolute atomic E-state index is 11.4. The number of aliphatic hydroxyl groups is 1. The maximum atomic E-state index is 11.4. The molecule has 4 rings (SSSR count). The Labute approximate surface area is 182 Å². The van der Waals surface area contributed by atoms with Gasteiger partial charge in [-0.25, -0.2) is 0 Å². The van der Waals surface area contributed by atoms with Crippen molar-refractivity contribution in [2.24, 2.45) is 0 Å². The predicted octanol–water partition coefficient (Wildman–Crippen LogP) is 4.52. The molecule has 1 aliphatic heterocycles. The zero-order valence-electron chi connectivity index (χ0n) is 17.4. The Hall–Kier alpha value is -2.70. The van der Waals surface area contributed by atoms with Gasteiger partial charge in [-0.2, -0.15) is 0 Å². The highest BCUT2D eigenvalue weighted by Crippen LogP contribution is 2.40. The number of phenols is 1. The van der Waals surface area contributed by atoms with Crippen molar-refractivity contribution in [1.82, 2.24) is 0 Å². The summed E-state index contributed by atoms with van der Waals surface area (Å²) < 4.78 is 18.1. The van der Waals surface area contributed by atoms with Crippen molar-refractivity contribution in [2.45, 2.75) is 44.1 Å². The third-order valence-electron chi connectivity index (χ3n) is 5.46. The molecule has 31 heavy (non-hydrogen) atoms. The number of phenolic OH excluding ortho intramolecular Hbond substituents is 1. The lowest BCUT2D eigenvalue weighted by atomic mass is 9.92. The van der Waals surface area contributed by atoms with Gasteiger partial charge in [0.15, 0.2) is 5.79 Å². The quantitative estimate of drug-likeness (QED) is 0.561. The first kappa shape index (κ1) is 21.5. The van der Waals surface area contributed by atoms with Crippen LogP contribution in [0.15, 0.2) is 84.9 Å². The molecule has 0 radical (unpaired) electrons. The standard InChI is InChI=1S/C26H28O5/c27-25-14-8-7-13-24(25)26(28)16-22(30-18-21-11-5-2-6-12-21)15-23(31-26)19-29-17-20-9-3-1-4-10-20/h1-14,22-23,27-28H,15-19H2/t22-,23-,26?/m0/s1. The fourth-order valence-electron chi connectivity index (χ4n) is 3.93. The van der Waals surface area contributed by atoms with Crippen molar-refractivity contribution in [3.05, 3.63) is 102 Å². The SMILES string of the molecule is Oc1ccccc1C1(O)C[C@@H](OCc2ccccc2)C[C@@H](COCc2ccccc2)O1. The molecule has 3 aromatic carbocycles. The summed E-state index contributed by atoms with van der Waals surface area (Å²) in [7, 11) is 0. The normalized spacial score (nSPS) is 23.5. The minimum atomic E-state index is -1.65. The third kappa shape index (κ3) is 5.71. The smallest absolute Gasteiger partial charge is 0.198 e. The van der Waals surface area contributed by atoms with Crippen LogP contribution in [-0.4, -0.2) is 29.0 Å². The van der Waals surface area contributed by atoms with E-state index in [1.165, 1.54) is 0 Å². The van der Waals surface area contributed by atoms with E-state index in [9.17, 15) is 10.2 Å². The average Bonchev–Trinajstić information content (AvgIpc) is 2.79. The van der Waals surface area contributed by atoms with Gasteiger partial charge in [0.25, 0.3) is 0 Å². The molecule has 2 N–H and O–H groups in total. The summed E-state index contributed by atoms with van der Waals surface area (Å²) in [6.07, 6.45) is 0.205. The minimum absolute atomic E-state index is 0.00216. The minimum Gasteiger partial charge on any atom is -0.507 e. The number of ether oxygens (including phenoxy) is 3. The van der Waals surface area contributed by atoms with E-state index in [1.54, 1.807) is 24.3 Å². The van der Waals surface area contributed by atoms with Crippen LogP contribution >= 0.6 is 0 Å². The van der Waals surface area contributed by atoms with E-state index >= 15 is 0 Å². The van der Waals surface area contributed by atoms with Crippen LogP contribution in [0.3, 0.4) is 0 Å². The van der Waals surface area contributed by atoms with E-state index in [1.807, 2.05) is 60.7 Å². The van der Waals surface area contributed by atoms with Crippen LogP contribution in [0, 0.1) is 0 Å². The molecule has 0 spiro atoms. The molecule has 162 valence electrons. The van der Waals surface area contributed by atoms with Gasteiger partial charge in [-0.3, -0.25) is 0 Å². The van der Waals surface area contributed by atoms with E-state index in [-0.39, 0.29) is 24.4 Å². The lowest BCUT2D eigenvalue weighted by Crippen LogP contribution is -2.46. The van der Waals surface area contributed by atoms with Gasteiger partial charge in [0.2, 0.25) is 0 Å². The van der Waals surface area contributed by atoms with Gasteiger partial charge in [-0.05, 0) is 23.3 Å². The van der Waals surface area contributed by atoms with Gasteiger partial charge in [0.1, 0.15) is 5.75 Å². The lowest BCUT2D eigenvalue weighted by Gasteiger charge is -2.41. The molecule has 0 aromatic heterocycles. The molecule has 1 aliphatic rings. The Kier molecular flexibility index (Phi) is 6.99. The van der Waals surface area contributed by atoms with E-state index in [2.05, 4.69) is 0 Å². The van der Waals surface area contributed by atoms with Crippen molar-refractivity contribution in [3.63, 3.8) is 0 Å². The number of hydrogen-bond acceptors (Lipinski definition) is 5. The van der Waals surface area contributed by atoms with Crippen molar-refractivity contribution < 1.29 is 24.4 Å². The Balaban J connectivity index is 1.45. The summed E-state index contributed by atoms with van der Waals surface area (Å²) in [5, 5.41) is 21.7. The summed E-state index contributed by atoms with van der Waals surface area (Å²) in [6, 6.07) is 26.6. The third-order valence-corrected chi connectivity index (χ3v) is 5.46. The second-order valence-electron chi connectivity index (χ2n) is 7.90. The number of benzene rings is 3. The van der Waals surface area contributed by atoms with Crippen molar-refractivity contribution >= 4 is 0 Å². The van der Waals surface area contributed by atoms with Gasteiger partial charge in [0, 0.05) is 12.8 Å². The van der Waals surface area contributed by atoms with Gasteiger partial charge in [0.05, 0.1) is 37.6 Å². The lowest BCUT2D eigenvalue weighted by molar-refractivity contribution is -0.294. The van der Waals surface area contributed by atoms with Gasteiger partial charge in [-0.15, -0.1) is 0 Å². The molecule has 0 saturated carbocycles. The molecule has 1 unspecified atom stereocenters. The van der Waals surface area contributed by atoms with Crippen molar-refractivity contribution in [3.8, 4) is 5.75 Å². The fraction of sp³-hybridized carbons (Fsp3) is 0.308. The van der Waals surface area contributed by atoms with Crippen LogP contribution in [0.2, 0.25) is 0 Å². The molecule has 1 fully saturated rings. The second-order valence-corrected chi connectivity index (χ2v) is 7.90. The zero-order valence-corrected chi connectivity index (χ0v) is 17.4. The largest absolute Gasteiger partial charge is 0.507 e. The number of rotatable bonds is 8. The molecule has 1 heterocycles. The Bertz CT molecular complexity index is 946. The highest BCUT2D eigenvalue weighted by atomic mass is 16.6. The van der Waals surface area contributed by atoms with Crippen LogP contribution in [0.1, 0.15) is 29.5 Å². The summed E-state index contributed by atoms with van der Waals surface area (Å²) in [5.74, 6) is -1.65. The maximum Gasteiger partial charge on any atom is 0.198 e. The Morgan fingerprint density at radius 1 is 0.839 bits per heavy atom. The fourth-order valence-corrected chi connectivity index (χ4v) is 3.93. The Morgan fingerprint density at radius 2 is 1.45 bits per heavy atom. The summed E-state index contributed by atoms with van der Waals surface area (Å²) in [5.41, 5.74) is 2.49. The monoisotopic (exact) mass is 420 g/mol. The highest BCUT2D eigenvalue weighted by Gasteiger charge is 2.43. The van der Waals surface area contributed by atoms with Crippen molar-refractivity contribution in [1.29, 1.82) is 0 Å². The number of aromatic hydroxyl groups is 1. The molecule has 0 aliphatic carbocycles. The predicted molar refractivity (Wildman–Crippen MR) is 117 cm³/mol. The van der Waals surface area contributed by atoms with Crippen LogP contribution < -0.4 is 0 Å². The van der Waals surface area contributed by atoms with E-state index in [4.69, 9.17) is 14.2 Å². The van der Waals surface area contributed by atoms with E-state index < -0.39 is 5.79 Å². The van der Waals surface area contributed by atoms with Crippen LogP contribution in [0.4, 0.5) is 0 Å². The Morgan fingerprint density at radius 3 is 2.13 bits per heavy atom. The topological polar surface area (TPSA) is 68.2 Å². The first-order valence-corrected chi connectivity index (χ1v) is 10.6. The van der Waals surface area contributed by atoms with Gasteiger partial charge < -0.3 is 24.4 Å². The van der Waals surface area contributed by atoms with Crippen molar-refractivity contribution in [2.75, 3.05) is 6.61 Å². The molecule has 1 saturated heterocycles. The average molecular weight is 421 g/mol. The summed E-state index contributed by atoms with van der Waals surface area (Å²) in [4.78, 5) is 0. The molecule has 0 amide bonds. The highest BCUT2D eigenvalue weighted by molar-refractivity contribution is 5.35. The van der Waals surface area contributed by atoms with E-state index in [0.29, 0.717) is 31.8 Å². The number of para-hydroxylation sites is 1. The first-order valence-electron chi connectivity index (χ1n) is 10.6. The molecular weight excluding hydrogens is 392 g/mol. The summed E-state index contributed by atoms with van der Waals surface area (Å²) >= 11 is 0. The van der Waals surface area contributed by atoms with Gasteiger partial charge >= 0.3 is 0 Å². The molecule has 3 aromatic rings. The van der Waals surface area contributed by atoms with Gasteiger partial charge in [-0.1, -0.05) is 72.8 Å². The summed E-state index contributed by atoms with van der Waals surface area (Å²) in [6.45, 7) is 1.22. The molecule has 5 nitrogen and oxygen atoms in total. The second kappa shape index (κ2) is 10.1. The number of hydrogen-bond donors (Lipinski definition) is 2. The van der Waals surface area contributed by atoms with Crippen LogP contribution in [0.25, 0.3) is 0 Å². The van der Waals surface area contributed by atoms with E-state index in [0.717, 1.165) is 11.1 Å². The molecule has 3 atom stereocenters. The van der Waals surface area contributed by atoms with Crippen LogP contribution in [0.5, 0.6) is 5.75 Å². The molecule has 5 heteroatoms. The zero-order chi connectivity index (χ0) is 21.5. The molecule has 0 bridgehead atoms. The molecular formula is C26H28O5. The van der Waals surface area contributed by atoms with Crippen LogP contribution in [-0.2, 0) is 33.2 Å². The first-order chi connectivity index (χ1) is 15.1.